The highest BCUT2D eigenvalue weighted by Gasteiger charge is 2.13. The highest BCUT2D eigenvalue weighted by Crippen LogP contribution is 2.26. The topological polar surface area (TPSA) is 20.2 Å². The Kier molecular flexibility index (Phi) is 4.91. The van der Waals surface area contributed by atoms with Gasteiger partial charge < -0.3 is 5.11 Å². The van der Waals surface area contributed by atoms with E-state index in [1.165, 1.54) is 30.5 Å². The van der Waals surface area contributed by atoms with E-state index in [1.807, 2.05) is 31.2 Å². The van der Waals surface area contributed by atoms with Crippen molar-refractivity contribution in [3.05, 3.63) is 70.5 Å². The minimum atomic E-state index is -0.772. The van der Waals surface area contributed by atoms with Gasteiger partial charge >= 0.3 is 0 Å². The summed E-state index contributed by atoms with van der Waals surface area (Å²) in [5, 5.41) is 10.4. The molecule has 0 saturated heterocycles. The first-order valence-electron chi connectivity index (χ1n) is 7.14. The second-order valence-electron chi connectivity index (χ2n) is 5.25. The van der Waals surface area contributed by atoms with Gasteiger partial charge in [0.1, 0.15) is 11.9 Å². The second kappa shape index (κ2) is 6.67. The Morgan fingerprint density at radius 1 is 1.10 bits per heavy atom. The van der Waals surface area contributed by atoms with Crippen LogP contribution in [0.2, 0.25) is 0 Å². The first-order valence-corrected chi connectivity index (χ1v) is 7.14. The monoisotopic (exact) mass is 272 g/mol. The normalized spacial score (nSPS) is 12.4. The molecular weight excluding hydrogens is 251 g/mol. The number of benzene rings is 2. The number of hydrogen-bond acceptors (Lipinski definition) is 1. The SMILES string of the molecule is CCCCc1ccc(C(O)c2cc(F)ccc2C)cc1. The van der Waals surface area contributed by atoms with Gasteiger partial charge in [-0.25, -0.2) is 4.39 Å². The summed E-state index contributed by atoms with van der Waals surface area (Å²) < 4.78 is 13.3. The van der Waals surface area contributed by atoms with Crippen LogP contribution in [0.25, 0.3) is 0 Å². The van der Waals surface area contributed by atoms with Gasteiger partial charge in [-0.2, -0.15) is 0 Å². The number of unbranched alkanes of at least 4 members (excludes halogenated alkanes) is 1. The maximum Gasteiger partial charge on any atom is 0.123 e. The summed E-state index contributed by atoms with van der Waals surface area (Å²) in [7, 11) is 0. The van der Waals surface area contributed by atoms with Gasteiger partial charge in [-0.15, -0.1) is 0 Å². The van der Waals surface area contributed by atoms with E-state index < -0.39 is 6.10 Å². The molecule has 0 saturated carbocycles. The Balaban J connectivity index is 2.20. The van der Waals surface area contributed by atoms with Crippen LogP contribution in [-0.4, -0.2) is 5.11 Å². The lowest BCUT2D eigenvalue weighted by Gasteiger charge is -2.15. The first kappa shape index (κ1) is 14.7. The molecule has 20 heavy (non-hydrogen) atoms. The molecule has 1 atom stereocenters. The molecule has 0 spiro atoms. The van der Waals surface area contributed by atoms with Crippen LogP contribution in [0.1, 0.15) is 48.1 Å². The molecule has 0 amide bonds. The summed E-state index contributed by atoms with van der Waals surface area (Å²) in [6, 6.07) is 12.5. The van der Waals surface area contributed by atoms with E-state index in [2.05, 4.69) is 6.92 Å². The molecule has 0 bridgehead atoms. The molecule has 0 aliphatic rings. The zero-order valence-corrected chi connectivity index (χ0v) is 12.1. The van der Waals surface area contributed by atoms with Crippen molar-refractivity contribution < 1.29 is 9.50 Å². The molecular formula is C18H21FO. The van der Waals surface area contributed by atoms with Crippen LogP contribution in [0.4, 0.5) is 4.39 Å². The number of aliphatic hydroxyl groups is 1. The van der Waals surface area contributed by atoms with Crippen molar-refractivity contribution >= 4 is 0 Å². The summed E-state index contributed by atoms with van der Waals surface area (Å²) in [4.78, 5) is 0. The zero-order valence-electron chi connectivity index (χ0n) is 12.1. The van der Waals surface area contributed by atoms with Crippen LogP contribution in [0.15, 0.2) is 42.5 Å². The van der Waals surface area contributed by atoms with Crippen LogP contribution in [0, 0.1) is 12.7 Å². The third kappa shape index (κ3) is 3.45. The predicted octanol–water partition coefficient (Wildman–Crippen LogP) is 4.56. The summed E-state index contributed by atoms with van der Waals surface area (Å²) in [5.74, 6) is -0.316. The molecule has 1 unspecified atom stereocenters. The van der Waals surface area contributed by atoms with Gasteiger partial charge in [0.25, 0.3) is 0 Å². The van der Waals surface area contributed by atoms with Gasteiger partial charge in [0.2, 0.25) is 0 Å². The summed E-state index contributed by atoms with van der Waals surface area (Å²) >= 11 is 0. The minimum absolute atomic E-state index is 0.316. The molecule has 0 heterocycles. The summed E-state index contributed by atoms with van der Waals surface area (Å²) in [6.45, 7) is 4.05. The summed E-state index contributed by atoms with van der Waals surface area (Å²) in [6.07, 6.45) is 2.63. The zero-order chi connectivity index (χ0) is 14.5. The minimum Gasteiger partial charge on any atom is -0.384 e. The molecule has 0 aromatic heterocycles. The lowest BCUT2D eigenvalue weighted by molar-refractivity contribution is 0.219. The smallest absolute Gasteiger partial charge is 0.123 e. The molecule has 1 N–H and O–H groups in total. The maximum absolute atomic E-state index is 13.3. The van der Waals surface area contributed by atoms with E-state index in [4.69, 9.17) is 0 Å². The third-order valence-corrected chi connectivity index (χ3v) is 3.65. The van der Waals surface area contributed by atoms with Gasteiger partial charge in [-0.3, -0.25) is 0 Å². The lowest BCUT2D eigenvalue weighted by atomic mass is 9.96. The Morgan fingerprint density at radius 2 is 1.80 bits per heavy atom. The highest BCUT2D eigenvalue weighted by atomic mass is 19.1. The first-order chi connectivity index (χ1) is 9.61. The average molecular weight is 272 g/mol. The van der Waals surface area contributed by atoms with E-state index >= 15 is 0 Å². The highest BCUT2D eigenvalue weighted by molar-refractivity contribution is 5.36. The van der Waals surface area contributed by atoms with Crippen molar-refractivity contribution in [2.45, 2.75) is 39.2 Å². The van der Waals surface area contributed by atoms with Gasteiger partial charge in [0.15, 0.2) is 0 Å². The van der Waals surface area contributed by atoms with E-state index in [-0.39, 0.29) is 5.82 Å². The molecule has 106 valence electrons. The molecule has 2 rings (SSSR count). The Hall–Kier alpha value is -1.67. The van der Waals surface area contributed by atoms with Gasteiger partial charge in [-0.05, 0) is 54.2 Å². The standard InChI is InChI=1S/C18H21FO/c1-3-4-5-14-7-9-15(10-8-14)18(20)17-12-16(19)11-6-13(17)2/h6-12,18,20H,3-5H2,1-2H3. The van der Waals surface area contributed by atoms with Crippen LogP contribution in [0.5, 0.6) is 0 Å². The molecule has 2 heteroatoms. The van der Waals surface area contributed by atoms with E-state index in [9.17, 15) is 9.50 Å². The maximum atomic E-state index is 13.3. The van der Waals surface area contributed by atoms with Crippen molar-refractivity contribution in [2.24, 2.45) is 0 Å². The van der Waals surface area contributed by atoms with Gasteiger partial charge in [-0.1, -0.05) is 43.7 Å². The fraction of sp³-hybridized carbons (Fsp3) is 0.333. The Bertz CT molecular complexity index is 560. The Morgan fingerprint density at radius 3 is 2.45 bits per heavy atom. The van der Waals surface area contributed by atoms with Crippen molar-refractivity contribution in [3.8, 4) is 0 Å². The largest absolute Gasteiger partial charge is 0.384 e. The third-order valence-electron chi connectivity index (χ3n) is 3.65. The van der Waals surface area contributed by atoms with Crippen molar-refractivity contribution in [3.63, 3.8) is 0 Å². The number of aryl methyl sites for hydroxylation is 2. The second-order valence-corrected chi connectivity index (χ2v) is 5.25. The molecule has 0 radical (unpaired) electrons. The molecule has 0 fully saturated rings. The van der Waals surface area contributed by atoms with Gasteiger partial charge in [0, 0.05) is 0 Å². The lowest BCUT2D eigenvalue weighted by Crippen LogP contribution is -2.03. The number of halogens is 1. The van der Waals surface area contributed by atoms with Crippen LogP contribution < -0.4 is 0 Å². The number of rotatable bonds is 5. The number of hydrogen-bond donors (Lipinski definition) is 1. The molecule has 0 aliphatic carbocycles. The van der Waals surface area contributed by atoms with Crippen LogP contribution in [-0.2, 0) is 6.42 Å². The molecule has 0 aliphatic heterocycles. The summed E-state index contributed by atoms with van der Waals surface area (Å²) in [5.41, 5.74) is 3.61. The quantitative estimate of drug-likeness (QED) is 0.846. The Labute approximate surface area is 120 Å². The van der Waals surface area contributed by atoms with E-state index in [0.717, 1.165) is 17.5 Å². The van der Waals surface area contributed by atoms with Crippen LogP contribution in [0.3, 0.4) is 0 Å². The predicted molar refractivity (Wildman–Crippen MR) is 80.3 cm³/mol. The molecule has 1 nitrogen and oxygen atoms in total. The van der Waals surface area contributed by atoms with E-state index in [1.54, 1.807) is 6.07 Å². The fourth-order valence-electron chi connectivity index (χ4n) is 2.33. The molecule has 2 aromatic carbocycles. The van der Waals surface area contributed by atoms with Crippen molar-refractivity contribution in [2.75, 3.05) is 0 Å². The van der Waals surface area contributed by atoms with Crippen molar-refractivity contribution in [1.29, 1.82) is 0 Å². The molecule has 2 aromatic rings. The van der Waals surface area contributed by atoms with Crippen LogP contribution >= 0.6 is 0 Å². The number of aliphatic hydroxyl groups excluding tert-OH is 1. The fourth-order valence-corrected chi connectivity index (χ4v) is 2.33. The van der Waals surface area contributed by atoms with Crippen molar-refractivity contribution in [1.82, 2.24) is 0 Å². The van der Waals surface area contributed by atoms with Gasteiger partial charge in [0.05, 0.1) is 0 Å². The average Bonchev–Trinajstić information content (AvgIpc) is 2.47. The van der Waals surface area contributed by atoms with E-state index in [0.29, 0.717) is 5.56 Å².